The van der Waals surface area contributed by atoms with Gasteiger partial charge in [-0.25, -0.2) is 0 Å². The van der Waals surface area contributed by atoms with Crippen molar-refractivity contribution in [3.05, 3.63) is 54.1 Å². The standard InChI is InChI=1S/C16H16N2O5S/c1-18(2)13-7-3-11(4-8-13)15(19)16(20)17-12-5-9-14(10-6-12)24(21,22)23/h3-10H,1-2H3,(H,17,20)(H,21,22,23). The van der Waals surface area contributed by atoms with Gasteiger partial charge in [-0.1, -0.05) is 0 Å². The molecule has 0 unspecified atom stereocenters. The van der Waals surface area contributed by atoms with Gasteiger partial charge in [-0.05, 0) is 48.5 Å². The van der Waals surface area contributed by atoms with E-state index in [-0.39, 0.29) is 16.1 Å². The maximum Gasteiger partial charge on any atom is 0.296 e. The maximum absolute atomic E-state index is 12.1. The molecule has 2 aromatic rings. The molecule has 0 saturated heterocycles. The van der Waals surface area contributed by atoms with E-state index in [9.17, 15) is 18.0 Å². The van der Waals surface area contributed by atoms with E-state index in [2.05, 4.69) is 5.32 Å². The van der Waals surface area contributed by atoms with Crippen molar-refractivity contribution in [3.8, 4) is 0 Å². The van der Waals surface area contributed by atoms with Gasteiger partial charge in [-0.3, -0.25) is 14.1 Å². The van der Waals surface area contributed by atoms with Gasteiger partial charge in [-0.15, -0.1) is 0 Å². The predicted octanol–water partition coefficient (Wildman–Crippen LogP) is 1.82. The monoisotopic (exact) mass is 348 g/mol. The first-order valence-electron chi connectivity index (χ1n) is 6.89. The molecule has 24 heavy (non-hydrogen) atoms. The number of nitrogens with zero attached hydrogens (tertiary/aromatic N) is 1. The van der Waals surface area contributed by atoms with E-state index >= 15 is 0 Å². The molecular formula is C16H16N2O5S. The topological polar surface area (TPSA) is 104 Å². The quantitative estimate of drug-likeness (QED) is 0.485. The van der Waals surface area contributed by atoms with E-state index in [4.69, 9.17) is 4.55 Å². The number of anilines is 2. The molecule has 0 atom stereocenters. The van der Waals surface area contributed by atoms with Crippen molar-refractivity contribution in [2.45, 2.75) is 4.90 Å². The van der Waals surface area contributed by atoms with Crippen molar-refractivity contribution in [3.63, 3.8) is 0 Å². The third-order valence-electron chi connectivity index (χ3n) is 3.26. The second kappa shape index (κ2) is 6.81. The van der Waals surface area contributed by atoms with Crippen LogP contribution < -0.4 is 10.2 Å². The number of hydrogen-bond acceptors (Lipinski definition) is 5. The number of nitrogens with one attached hydrogen (secondary N) is 1. The van der Waals surface area contributed by atoms with Gasteiger partial charge < -0.3 is 10.2 Å². The van der Waals surface area contributed by atoms with E-state index < -0.39 is 21.8 Å². The Bertz CT molecular complexity index is 856. The largest absolute Gasteiger partial charge is 0.378 e. The molecule has 0 aliphatic carbocycles. The number of amides is 1. The molecule has 0 radical (unpaired) electrons. The predicted molar refractivity (Wildman–Crippen MR) is 90.0 cm³/mol. The molecule has 0 heterocycles. The fourth-order valence-electron chi connectivity index (χ4n) is 1.94. The normalized spacial score (nSPS) is 11.0. The van der Waals surface area contributed by atoms with E-state index in [1.807, 2.05) is 19.0 Å². The fraction of sp³-hybridized carbons (Fsp3) is 0.125. The molecule has 0 fully saturated rings. The lowest BCUT2D eigenvalue weighted by atomic mass is 10.1. The van der Waals surface area contributed by atoms with Gasteiger partial charge >= 0.3 is 0 Å². The first-order valence-corrected chi connectivity index (χ1v) is 8.33. The van der Waals surface area contributed by atoms with Crippen molar-refractivity contribution in [1.82, 2.24) is 0 Å². The summed E-state index contributed by atoms with van der Waals surface area (Å²) < 4.78 is 30.8. The third-order valence-corrected chi connectivity index (χ3v) is 4.13. The number of ketones is 1. The average molecular weight is 348 g/mol. The lowest BCUT2D eigenvalue weighted by Gasteiger charge is -2.12. The van der Waals surface area contributed by atoms with Crippen LogP contribution >= 0.6 is 0 Å². The van der Waals surface area contributed by atoms with Crippen LogP contribution in [0.4, 0.5) is 11.4 Å². The number of carbonyl (C=O) groups is 2. The highest BCUT2D eigenvalue weighted by Gasteiger charge is 2.17. The zero-order chi connectivity index (χ0) is 17.9. The fourth-order valence-corrected chi connectivity index (χ4v) is 2.42. The van der Waals surface area contributed by atoms with Crippen molar-refractivity contribution in [1.29, 1.82) is 0 Å². The Kier molecular flexibility index (Phi) is 5.01. The first-order chi connectivity index (χ1) is 11.2. The van der Waals surface area contributed by atoms with Crippen LogP contribution in [-0.2, 0) is 14.9 Å². The maximum atomic E-state index is 12.1. The van der Waals surface area contributed by atoms with E-state index in [1.54, 1.807) is 24.3 Å². The Morgan fingerprint density at radius 1 is 0.958 bits per heavy atom. The van der Waals surface area contributed by atoms with Gasteiger partial charge in [-0.2, -0.15) is 8.42 Å². The molecule has 0 saturated carbocycles. The second-order valence-corrected chi connectivity index (χ2v) is 6.65. The molecule has 8 heteroatoms. The molecular weight excluding hydrogens is 332 g/mol. The Morgan fingerprint density at radius 3 is 1.96 bits per heavy atom. The van der Waals surface area contributed by atoms with Crippen molar-refractivity contribution in [2.75, 3.05) is 24.3 Å². The molecule has 7 nitrogen and oxygen atoms in total. The second-order valence-electron chi connectivity index (χ2n) is 5.22. The van der Waals surface area contributed by atoms with Gasteiger partial charge in [0.25, 0.3) is 21.8 Å². The van der Waals surface area contributed by atoms with E-state index in [0.717, 1.165) is 17.8 Å². The van der Waals surface area contributed by atoms with Crippen LogP contribution in [-0.4, -0.2) is 38.8 Å². The molecule has 2 aromatic carbocycles. The van der Waals surface area contributed by atoms with Crippen LogP contribution in [0.15, 0.2) is 53.4 Å². The SMILES string of the molecule is CN(C)c1ccc(C(=O)C(=O)Nc2ccc(S(=O)(=O)O)cc2)cc1. The van der Waals surface area contributed by atoms with Crippen LogP contribution in [0.5, 0.6) is 0 Å². The van der Waals surface area contributed by atoms with Gasteiger partial charge in [0.2, 0.25) is 0 Å². The summed E-state index contributed by atoms with van der Waals surface area (Å²) in [6, 6.07) is 11.4. The zero-order valence-corrected chi connectivity index (χ0v) is 13.9. The number of carbonyl (C=O) groups excluding carboxylic acids is 2. The Balaban J connectivity index is 2.10. The lowest BCUT2D eigenvalue weighted by molar-refractivity contribution is -0.112. The summed E-state index contributed by atoms with van der Waals surface area (Å²) >= 11 is 0. The van der Waals surface area contributed by atoms with Crippen LogP contribution in [0.25, 0.3) is 0 Å². The van der Waals surface area contributed by atoms with Gasteiger partial charge in [0.15, 0.2) is 0 Å². The lowest BCUT2D eigenvalue weighted by Crippen LogP contribution is -2.23. The smallest absolute Gasteiger partial charge is 0.296 e. The Labute approximate surface area is 139 Å². The number of Topliss-reactive ketones (excluding diaryl/α,β-unsaturated/α-hetero) is 1. The first kappa shape index (κ1) is 17.6. The molecule has 0 aliphatic heterocycles. The third kappa shape index (κ3) is 4.18. The number of hydrogen-bond donors (Lipinski definition) is 2. The summed E-state index contributed by atoms with van der Waals surface area (Å²) in [7, 11) is -0.580. The van der Waals surface area contributed by atoms with Gasteiger partial charge in [0.05, 0.1) is 4.90 Å². The summed E-state index contributed by atoms with van der Waals surface area (Å²) in [5.74, 6) is -1.55. The molecule has 2 rings (SSSR count). The van der Waals surface area contributed by atoms with Gasteiger partial charge in [0.1, 0.15) is 0 Å². The highest BCUT2D eigenvalue weighted by atomic mass is 32.2. The highest BCUT2D eigenvalue weighted by molar-refractivity contribution is 7.85. The molecule has 0 bridgehead atoms. The van der Waals surface area contributed by atoms with Gasteiger partial charge in [0, 0.05) is 31.0 Å². The number of benzene rings is 2. The highest BCUT2D eigenvalue weighted by Crippen LogP contribution is 2.15. The molecule has 2 N–H and O–H groups in total. The van der Waals surface area contributed by atoms with Crippen LogP contribution in [0.3, 0.4) is 0 Å². The summed E-state index contributed by atoms with van der Waals surface area (Å²) in [5, 5.41) is 2.38. The summed E-state index contributed by atoms with van der Waals surface area (Å²) in [5.41, 5.74) is 1.38. The minimum Gasteiger partial charge on any atom is -0.378 e. The minimum atomic E-state index is -4.30. The Morgan fingerprint density at radius 2 is 1.50 bits per heavy atom. The summed E-state index contributed by atoms with van der Waals surface area (Å²) in [6.45, 7) is 0. The van der Waals surface area contributed by atoms with E-state index in [1.165, 1.54) is 12.1 Å². The molecule has 0 aliphatic rings. The molecule has 1 amide bonds. The number of rotatable bonds is 5. The van der Waals surface area contributed by atoms with Crippen molar-refractivity contribution < 1.29 is 22.6 Å². The van der Waals surface area contributed by atoms with Crippen LogP contribution in [0.2, 0.25) is 0 Å². The zero-order valence-electron chi connectivity index (χ0n) is 13.1. The van der Waals surface area contributed by atoms with Crippen molar-refractivity contribution >= 4 is 33.2 Å². The minimum absolute atomic E-state index is 0.241. The summed E-state index contributed by atoms with van der Waals surface area (Å²) in [4.78, 5) is 25.6. The van der Waals surface area contributed by atoms with Crippen LogP contribution in [0.1, 0.15) is 10.4 Å². The molecule has 0 aromatic heterocycles. The van der Waals surface area contributed by atoms with E-state index in [0.29, 0.717) is 0 Å². The average Bonchev–Trinajstić information content (AvgIpc) is 2.54. The van der Waals surface area contributed by atoms with Crippen LogP contribution in [0, 0.1) is 0 Å². The van der Waals surface area contributed by atoms with Crippen molar-refractivity contribution in [2.24, 2.45) is 0 Å². The Hall–Kier alpha value is -2.71. The molecule has 0 spiro atoms. The molecule has 126 valence electrons. The summed E-state index contributed by atoms with van der Waals surface area (Å²) in [6.07, 6.45) is 0.